The van der Waals surface area contributed by atoms with Gasteiger partial charge in [-0.3, -0.25) is 10.1 Å². The van der Waals surface area contributed by atoms with Gasteiger partial charge >= 0.3 is 0 Å². The summed E-state index contributed by atoms with van der Waals surface area (Å²) in [6.45, 7) is 1.35. The van der Waals surface area contributed by atoms with E-state index in [0.29, 0.717) is 6.47 Å². The molecule has 0 aliphatic carbocycles. The van der Waals surface area contributed by atoms with Crippen molar-refractivity contribution in [3.63, 3.8) is 0 Å². The van der Waals surface area contributed by atoms with Gasteiger partial charge in [0, 0.05) is 0 Å². The van der Waals surface area contributed by atoms with Crippen LogP contribution in [0.2, 0.25) is 0 Å². The van der Waals surface area contributed by atoms with Gasteiger partial charge in [0.2, 0.25) is 0 Å². The monoisotopic (exact) mass is 170 g/mol. The van der Waals surface area contributed by atoms with E-state index in [1.165, 1.54) is 0 Å². The minimum atomic E-state index is -0.122. The third-order valence-electron chi connectivity index (χ3n) is 1.81. The first kappa shape index (κ1) is 9.22. The van der Waals surface area contributed by atoms with E-state index in [-0.39, 0.29) is 12.3 Å². The molecule has 0 saturated carbocycles. The fourth-order valence-corrected chi connectivity index (χ4v) is 1.16. The number of ether oxygens (including phenoxy) is 1. The van der Waals surface area contributed by atoms with Crippen LogP contribution in [-0.2, 0) is 9.53 Å². The van der Waals surface area contributed by atoms with Gasteiger partial charge < -0.3 is 10.5 Å². The Bertz CT molecular complexity index is 170. The summed E-state index contributed by atoms with van der Waals surface area (Å²) < 4.78 is 4.82. The number of hydrogen-bond donors (Lipinski definition) is 2. The first-order chi connectivity index (χ1) is 5.83. The highest BCUT2D eigenvalue weighted by molar-refractivity contribution is 5.38. The van der Waals surface area contributed by atoms with Crippen LogP contribution in [0.25, 0.3) is 0 Å². The van der Waals surface area contributed by atoms with E-state index in [1.807, 2.05) is 12.2 Å². The standard InChI is InChI=1S/C8H14N2O2/c9-8-4-3-7(12-6-11)2-1-5-10-8/h3-4,6-8,10H,1-2,5,9H2/b4-3+. The maximum absolute atomic E-state index is 10.0. The summed E-state index contributed by atoms with van der Waals surface area (Å²) in [6.07, 6.45) is 5.24. The maximum Gasteiger partial charge on any atom is 0.293 e. The predicted octanol–water partition coefficient (Wildman–Crippen LogP) is -0.248. The van der Waals surface area contributed by atoms with Crippen molar-refractivity contribution in [3.05, 3.63) is 12.2 Å². The zero-order chi connectivity index (χ0) is 8.81. The van der Waals surface area contributed by atoms with E-state index in [9.17, 15) is 4.79 Å². The number of nitrogens with one attached hydrogen (secondary N) is 1. The molecule has 2 unspecified atom stereocenters. The van der Waals surface area contributed by atoms with Gasteiger partial charge in [-0.2, -0.15) is 0 Å². The molecule has 1 aliphatic rings. The second kappa shape index (κ2) is 4.90. The van der Waals surface area contributed by atoms with E-state index in [0.717, 1.165) is 19.4 Å². The zero-order valence-corrected chi connectivity index (χ0v) is 6.90. The molecule has 12 heavy (non-hydrogen) atoms. The van der Waals surface area contributed by atoms with Crippen LogP contribution in [0.3, 0.4) is 0 Å². The van der Waals surface area contributed by atoms with E-state index in [2.05, 4.69) is 5.32 Å². The lowest BCUT2D eigenvalue weighted by Crippen LogP contribution is -2.37. The summed E-state index contributed by atoms with van der Waals surface area (Å²) in [7, 11) is 0. The van der Waals surface area contributed by atoms with E-state index < -0.39 is 0 Å². The Kier molecular flexibility index (Phi) is 3.76. The average Bonchev–Trinajstić information content (AvgIpc) is 2.04. The minimum Gasteiger partial charge on any atom is -0.460 e. The molecule has 0 saturated heterocycles. The van der Waals surface area contributed by atoms with E-state index >= 15 is 0 Å². The molecule has 0 spiro atoms. The lowest BCUT2D eigenvalue weighted by Gasteiger charge is -2.17. The van der Waals surface area contributed by atoms with E-state index in [1.54, 1.807) is 0 Å². The van der Waals surface area contributed by atoms with Gasteiger partial charge in [-0.1, -0.05) is 6.08 Å². The van der Waals surface area contributed by atoms with Crippen LogP contribution in [0.5, 0.6) is 0 Å². The molecule has 0 amide bonds. The molecular weight excluding hydrogens is 156 g/mol. The second-order valence-corrected chi connectivity index (χ2v) is 2.78. The zero-order valence-electron chi connectivity index (χ0n) is 6.90. The highest BCUT2D eigenvalue weighted by Gasteiger charge is 2.08. The third kappa shape index (κ3) is 3.02. The van der Waals surface area contributed by atoms with Gasteiger partial charge in [-0.15, -0.1) is 0 Å². The van der Waals surface area contributed by atoms with Crippen molar-refractivity contribution >= 4 is 6.47 Å². The first-order valence-corrected chi connectivity index (χ1v) is 4.09. The van der Waals surface area contributed by atoms with Crippen LogP contribution in [0.1, 0.15) is 12.8 Å². The molecule has 0 fully saturated rings. The number of carbonyl (C=O) groups excluding carboxylic acids is 1. The Hall–Kier alpha value is -0.870. The van der Waals surface area contributed by atoms with Gasteiger partial charge in [0.25, 0.3) is 6.47 Å². The smallest absolute Gasteiger partial charge is 0.293 e. The topological polar surface area (TPSA) is 64.3 Å². The molecule has 0 aromatic heterocycles. The Morgan fingerprint density at radius 2 is 2.42 bits per heavy atom. The van der Waals surface area contributed by atoms with E-state index in [4.69, 9.17) is 10.5 Å². The van der Waals surface area contributed by atoms with Crippen LogP contribution in [0, 0.1) is 0 Å². The van der Waals surface area contributed by atoms with Crippen molar-refractivity contribution in [1.29, 1.82) is 0 Å². The summed E-state index contributed by atoms with van der Waals surface area (Å²) >= 11 is 0. The SMILES string of the molecule is NC1/C=C/C(OC=O)CCCN1. The summed E-state index contributed by atoms with van der Waals surface area (Å²) in [5.74, 6) is 0. The highest BCUT2D eigenvalue weighted by Crippen LogP contribution is 2.05. The Labute approximate surface area is 71.8 Å². The van der Waals surface area contributed by atoms with Crippen LogP contribution in [0.4, 0.5) is 0 Å². The summed E-state index contributed by atoms with van der Waals surface area (Å²) in [5, 5.41) is 3.09. The molecule has 0 aromatic rings. The van der Waals surface area contributed by atoms with Crippen LogP contribution < -0.4 is 11.1 Å². The maximum atomic E-state index is 10.0. The van der Waals surface area contributed by atoms with Crippen LogP contribution >= 0.6 is 0 Å². The lowest BCUT2D eigenvalue weighted by molar-refractivity contribution is -0.131. The van der Waals surface area contributed by atoms with Gasteiger partial charge in [0.1, 0.15) is 6.10 Å². The molecule has 4 heteroatoms. The van der Waals surface area contributed by atoms with Crippen molar-refractivity contribution in [2.75, 3.05) is 6.54 Å². The molecule has 3 N–H and O–H groups in total. The number of carbonyl (C=O) groups is 1. The fraction of sp³-hybridized carbons (Fsp3) is 0.625. The number of hydrogen-bond acceptors (Lipinski definition) is 4. The molecule has 1 rings (SSSR count). The molecule has 0 radical (unpaired) electrons. The predicted molar refractivity (Wildman–Crippen MR) is 45.3 cm³/mol. The lowest BCUT2D eigenvalue weighted by atomic mass is 10.1. The third-order valence-corrected chi connectivity index (χ3v) is 1.81. The normalized spacial score (nSPS) is 33.1. The molecule has 4 nitrogen and oxygen atoms in total. The first-order valence-electron chi connectivity index (χ1n) is 4.09. The van der Waals surface area contributed by atoms with Gasteiger partial charge in [-0.25, -0.2) is 0 Å². The molecular formula is C8H14N2O2. The van der Waals surface area contributed by atoms with Gasteiger partial charge in [0.15, 0.2) is 0 Å². The molecule has 0 aromatic carbocycles. The van der Waals surface area contributed by atoms with Crippen LogP contribution in [-0.4, -0.2) is 25.3 Å². The fourth-order valence-electron chi connectivity index (χ4n) is 1.16. The Balaban J connectivity index is 2.45. The van der Waals surface area contributed by atoms with Crippen molar-refractivity contribution in [1.82, 2.24) is 5.32 Å². The van der Waals surface area contributed by atoms with Crippen molar-refractivity contribution in [2.45, 2.75) is 25.1 Å². The van der Waals surface area contributed by atoms with Crippen molar-refractivity contribution in [3.8, 4) is 0 Å². The summed E-state index contributed by atoms with van der Waals surface area (Å²) in [6, 6.07) is 0. The summed E-state index contributed by atoms with van der Waals surface area (Å²) in [5.41, 5.74) is 5.62. The molecule has 2 atom stereocenters. The minimum absolute atomic E-state index is 0.101. The molecule has 1 aliphatic heterocycles. The summed E-state index contributed by atoms with van der Waals surface area (Å²) in [4.78, 5) is 10.0. The van der Waals surface area contributed by atoms with Gasteiger partial charge in [0.05, 0.1) is 6.17 Å². The van der Waals surface area contributed by atoms with Crippen molar-refractivity contribution < 1.29 is 9.53 Å². The molecule has 1 heterocycles. The largest absolute Gasteiger partial charge is 0.460 e. The Morgan fingerprint density at radius 1 is 1.58 bits per heavy atom. The molecule has 0 bridgehead atoms. The molecule has 68 valence electrons. The van der Waals surface area contributed by atoms with Gasteiger partial charge in [-0.05, 0) is 25.5 Å². The average molecular weight is 170 g/mol. The second-order valence-electron chi connectivity index (χ2n) is 2.78. The Morgan fingerprint density at radius 3 is 3.17 bits per heavy atom. The highest BCUT2D eigenvalue weighted by atomic mass is 16.5. The number of rotatable bonds is 2. The van der Waals surface area contributed by atoms with Crippen LogP contribution in [0.15, 0.2) is 12.2 Å². The quantitative estimate of drug-likeness (QED) is 0.443. The van der Waals surface area contributed by atoms with Crippen molar-refractivity contribution in [2.24, 2.45) is 5.73 Å². The number of nitrogens with two attached hydrogens (primary N) is 1.